The minimum Gasteiger partial charge on any atom is -0.384 e. The Kier molecular flexibility index (Phi) is 4.52. The maximum absolute atomic E-state index is 11.4. The van der Waals surface area contributed by atoms with Crippen molar-refractivity contribution in [3.8, 4) is 10.6 Å². The van der Waals surface area contributed by atoms with Gasteiger partial charge in [-0.05, 0) is 12.1 Å². The lowest BCUT2D eigenvalue weighted by atomic mass is 10.2. The van der Waals surface area contributed by atoms with Gasteiger partial charge in [-0.25, -0.2) is 4.98 Å². The Balaban J connectivity index is 2.39. The fraction of sp³-hybridized carbons (Fsp3) is 0.231. The van der Waals surface area contributed by atoms with Crippen molar-refractivity contribution in [2.45, 2.75) is 6.42 Å². The van der Waals surface area contributed by atoms with E-state index in [4.69, 9.17) is 22.1 Å². The molecule has 0 unspecified atom stereocenters. The number of carbonyl (C=O) groups excluding carboxylic acids is 1. The number of benzene rings is 1. The Morgan fingerprint density at radius 1 is 1.53 bits per heavy atom. The molecule has 1 aromatic heterocycles. The number of ether oxygens (including phenoxy) is 1. The molecule has 0 fully saturated rings. The van der Waals surface area contributed by atoms with E-state index in [0.717, 1.165) is 10.6 Å². The minimum absolute atomic E-state index is 0.461. The Labute approximate surface area is 120 Å². The van der Waals surface area contributed by atoms with Crippen molar-refractivity contribution >= 4 is 28.8 Å². The van der Waals surface area contributed by atoms with Crippen LogP contribution in [0.5, 0.6) is 0 Å². The zero-order valence-corrected chi connectivity index (χ0v) is 11.9. The van der Waals surface area contributed by atoms with E-state index in [-0.39, 0.29) is 0 Å². The fourth-order valence-electron chi connectivity index (χ4n) is 1.66. The van der Waals surface area contributed by atoms with Gasteiger partial charge in [-0.15, -0.1) is 11.3 Å². The van der Waals surface area contributed by atoms with Crippen LogP contribution < -0.4 is 5.73 Å². The van der Waals surface area contributed by atoms with Crippen LogP contribution in [0.3, 0.4) is 0 Å². The lowest BCUT2D eigenvalue weighted by molar-refractivity contribution is 0.100. The van der Waals surface area contributed by atoms with Crippen LogP contribution in [0.25, 0.3) is 10.6 Å². The Morgan fingerprint density at radius 3 is 2.95 bits per heavy atom. The van der Waals surface area contributed by atoms with Crippen LogP contribution in [0.15, 0.2) is 24.3 Å². The summed E-state index contributed by atoms with van der Waals surface area (Å²) in [6, 6.07) is 7.35. The largest absolute Gasteiger partial charge is 0.384 e. The number of aromatic nitrogens is 1. The van der Waals surface area contributed by atoms with Crippen molar-refractivity contribution in [1.29, 1.82) is 0 Å². The number of primary amides is 1. The van der Waals surface area contributed by atoms with E-state index in [0.29, 0.717) is 28.6 Å². The molecule has 4 nitrogen and oxygen atoms in total. The molecule has 0 saturated carbocycles. The predicted octanol–water partition coefficient (Wildman–Crippen LogP) is 2.75. The Bertz CT molecular complexity index is 598. The van der Waals surface area contributed by atoms with Crippen LogP contribution in [0.4, 0.5) is 0 Å². The molecule has 2 aromatic rings. The lowest BCUT2D eigenvalue weighted by Gasteiger charge is -1.97. The number of hydrogen-bond donors (Lipinski definition) is 1. The maximum atomic E-state index is 11.4. The second kappa shape index (κ2) is 6.14. The molecular formula is C13H13ClN2O2S. The summed E-state index contributed by atoms with van der Waals surface area (Å²) in [5.41, 5.74) is 6.93. The highest BCUT2D eigenvalue weighted by atomic mass is 35.5. The van der Waals surface area contributed by atoms with Gasteiger partial charge in [0.1, 0.15) is 9.88 Å². The fourth-order valence-corrected chi connectivity index (χ4v) is 2.81. The molecule has 2 N–H and O–H groups in total. The average molecular weight is 297 g/mol. The van der Waals surface area contributed by atoms with Crippen molar-refractivity contribution in [3.63, 3.8) is 0 Å². The van der Waals surface area contributed by atoms with Gasteiger partial charge >= 0.3 is 0 Å². The summed E-state index contributed by atoms with van der Waals surface area (Å²) in [5, 5.41) is 1.37. The minimum atomic E-state index is -0.461. The number of thiazole rings is 1. The van der Waals surface area contributed by atoms with E-state index in [1.54, 1.807) is 13.2 Å². The predicted molar refractivity (Wildman–Crippen MR) is 76.7 cm³/mol. The topological polar surface area (TPSA) is 65.2 Å². The molecule has 100 valence electrons. The zero-order chi connectivity index (χ0) is 13.8. The summed E-state index contributed by atoms with van der Waals surface area (Å²) in [5.74, 6) is -0.461. The van der Waals surface area contributed by atoms with Crippen LogP contribution in [0, 0.1) is 0 Å². The first kappa shape index (κ1) is 14.0. The molecule has 0 atom stereocenters. The van der Waals surface area contributed by atoms with Crippen molar-refractivity contribution in [2.24, 2.45) is 5.73 Å². The molecule has 1 heterocycles. The molecule has 0 aliphatic heterocycles. The molecule has 6 heteroatoms. The van der Waals surface area contributed by atoms with Crippen molar-refractivity contribution < 1.29 is 9.53 Å². The van der Waals surface area contributed by atoms with Crippen molar-refractivity contribution in [1.82, 2.24) is 4.98 Å². The molecule has 1 amide bonds. The van der Waals surface area contributed by atoms with Crippen LogP contribution in [0.1, 0.15) is 15.4 Å². The van der Waals surface area contributed by atoms with E-state index >= 15 is 0 Å². The molecule has 0 saturated heterocycles. The molecule has 1 aromatic carbocycles. The third kappa shape index (κ3) is 3.32. The van der Waals surface area contributed by atoms with Gasteiger partial charge in [0.2, 0.25) is 0 Å². The van der Waals surface area contributed by atoms with Crippen LogP contribution in [0.2, 0.25) is 5.02 Å². The lowest BCUT2D eigenvalue weighted by Crippen LogP contribution is -2.12. The van der Waals surface area contributed by atoms with Gasteiger partial charge in [0.05, 0.1) is 12.3 Å². The van der Waals surface area contributed by atoms with Gasteiger partial charge in [0.15, 0.2) is 0 Å². The number of nitrogens with zero attached hydrogens (tertiary/aromatic N) is 1. The standard InChI is InChI=1S/C13H13ClN2O2S/c1-18-6-5-10-11(12(15)17)19-13(16-10)8-3-2-4-9(14)7-8/h2-4,7H,5-6H2,1H3,(H2,15,17). The van der Waals surface area contributed by atoms with Crippen LogP contribution >= 0.6 is 22.9 Å². The van der Waals surface area contributed by atoms with Gasteiger partial charge in [-0.1, -0.05) is 23.7 Å². The Hall–Kier alpha value is -1.43. The summed E-state index contributed by atoms with van der Waals surface area (Å²) in [6.45, 7) is 0.499. The smallest absolute Gasteiger partial charge is 0.260 e. The zero-order valence-electron chi connectivity index (χ0n) is 10.4. The maximum Gasteiger partial charge on any atom is 0.260 e. The number of methoxy groups -OCH3 is 1. The van der Waals surface area contributed by atoms with Crippen molar-refractivity contribution in [2.75, 3.05) is 13.7 Å². The van der Waals surface area contributed by atoms with Gasteiger partial charge in [0, 0.05) is 24.1 Å². The summed E-state index contributed by atoms with van der Waals surface area (Å²) < 4.78 is 5.01. The van der Waals surface area contributed by atoms with Gasteiger partial charge < -0.3 is 10.5 Å². The number of amides is 1. The molecular weight excluding hydrogens is 284 g/mol. The quantitative estimate of drug-likeness (QED) is 0.922. The monoisotopic (exact) mass is 296 g/mol. The van der Waals surface area contributed by atoms with E-state index in [9.17, 15) is 4.79 Å². The molecule has 2 rings (SSSR count). The normalized spacial score (nSPS) is 10.6. The van der Waals surface area contributed by atoms with Crippen LogP contribution in [-0.4, -0.2) is 24.6 Å². The van der Waals surface area contributed by atoms with Gasteiger partial charge in [-0.2, -0.15) is 0 Å². The SMILES string of the molecule is COCCc1nc(-c2cccc(Cl)c2)sc1C(N)=O. The molecule has 19 heavy (non-hydrogen) atoms. The van der Waals surface area contributed by atoms with Crippen molar-refractivity contribution in [3.05, 3.63) is 39.9 Å². The van der Waals surface area contributed by atoms with Crippen LogP contribution in [-0.2, 0) is 11.2 Å². The molecule has 0 bridgehead atoms. The summed E-state index contributed by atoms with van der Waals surface area (Å²) in [6.07, 6.45) is 0.561. The first-order chi connectivity index (χ1) is 9.11. The highest BCUT2D eigenvalue weighted by Gasteiger charge is 2.16. The van der Waals surface area contributed by atoms with E-state index in [1.807, 2.05) is 18.2 Å². The third-order valence-electron chi connectivity index (χ3n) is 2.54. The average Bonchev–Trinajstić information content (AvgIpc) is 2.80. The van der Waals surface area contributed by atoms with Gasteiger partial charge in [-0.3, -0.25) is 4.79 Å². The summed E-state index contributed by atoms with van der Waals surface area (Å²) in [7, 11) is 1.61. The second-order valence-corrected chi connectivity index (χ2v) is 5.35. The number of carbonyl (C=O) groups is 1. The summed E-state index contributed by atoms with van der Waals surface area (Å²) in [4.78, 5) is 16.4. The van der Waals surface area contributed by atoms with E-state index < -0.39 is 5.91 Å². The molecule has 0 aliphatic carbocycles. The van der Waals surface area contributed by atoms with E-state index in [1.165, 1.54) is 11.3 Å². The third-order valence-corrected chi connectivity index (χ3v) is 3.93. The van der Waals surface area contributed by atoms with Gasteiger partial charge in [0.25, 0.3) is 5.91 Å². The number of halogens is 1. The van der Waals surface area contributed by atoms with E-state index in [2.05, 4.69) is 4.98 Å². The summed E-state index contributed by atoms with van der Waals surface area (Å²) >= 11 is 7.23. The molecule has 0 spiro atoms. The second-order valence-electron chi connectivity index (χ2n) is 3.91. The number of hydrogen-bond acceptors (Lipinski definition) is 4. The first-order valence-electron chi connectivity index (χ1n) is 5.66. The highest BCUT2D eigenvalue weighted by molar-refractivity contribution is 7.17. The first-order valence-corrected chi connectivity index (χ1v) is 6.85. The Morgan fingerprint density at radius 2 is 2.32 bits per heavy atom. The molecule has 0 aliphatic rings. The number of rotatable bonds is 5. The highest BCUT2D eigenvalue weighted by Crippen LogP contribution is 2.29. The number of nitrogens with two attached hydrogens (primary N) is 1. The molecule has 0 radical (unpaired) electrons.